The zero-order valence-electron chi connectivity index (χ0n) is 10.4. The number of rotatable bonds is 2. The summed E-state index contributed by atoms with van der Waals surface area (Å²) in [6.07, 6.45) is 3.46. The molecule has 2 aromatic rings. The first-order chi connectivity index (χ1) is 9.20. The van der Waals surface area contributed by atoms with Crippen molar-refractivity contribution < 1.29 is 5.11 Å². The Morgan fingerprint density at radius 2 is 2.21 bits per heavy atom. The van der Waals surface area contributed by atoms with E-state index in [0.29, 0.717) is 12.2 Å². The maximum Gasteiger partial charge on any atom is 0.328 e. The van der Waals surface area contributed by atoms with Gasteiger partial charge in [-0.05, 0) is 19.1 Å². The number of hydrogen-bond acceptors (Lipinski definition) is 3. The maximum atomic E-state index is 11.6. The summed E-state index contributed by atoms with van der Waals surface area (Å²) in [5.41, 5.74) is 2.85. The van der Waals surface area contributed by atoms with Gasteiger partial charge >= 0.3 is 5.69 Å². The number of aromatic amines is 1. The summed E-state index contributed by atoms with van der Waals surface area (Å²) in [6.45, 7) is 2.23. The predicted molar refractivity (Wildman–Crippen MR) is 74.9 cm³/mol. The molecule has 0 fully saturated rings. The largest absolute Gasteiger partial charge is 0.493 e. The van der Waals surface area contributed by atoms with Gasteiger partial charge in [-0.2, -0.15) is 0 Å². The van der Waals surface area contributed by atoms with Gasteiger partial charge in [0.1, 0.15) is 5.69 Å². The molecule has 1 aromatic carbocycles. The predicted octanol–water partition coefficient (Wildman–Crippen LogP) is 2.16. The number of aliphatic imine (C=N–C) groups is 1. The second-order valence-corrected chi connectivity index (χ2v) is 4.29. The van der Waals surface area contributed by atoms with Gasteiger partial charge in [0.25, 0.3) is 0 Å². The minimum atomic E-state index is -0.310. The maximum absolute atomic E-state index is 11.6. The van der Waals surface area contributed by atoms with Crippen molar-refractivity contribution >= 4 is 23.6 Å². The Hall–Kier alpha value is -2.56. The standard InChI is InChI=1S/C14H13N3O2/c1-2-17-13(18)12(16-14(17)19)7-9-8-15-11-6-4-3-5-10(9)11/h3-8,18H,2H2,1H3,(H,16,19). The fourth-order valence-electron chi connectivity index (χ4n) is 2.18. The summed E-state index contributed by atoms with van der Waals surface area (Å²) in [5, 5.41) is 9.96. The number of allylic oxidation sites excluding steroid dienone is 1. The Morgan fingerprint density at radius 1 is 1.42 bits per heavy atom. The van der Waals surface area contributed by atoms with E-state index >= 15 is 0 Å². The van der Waals surface area contributed by atoms with Crippen LogP contribution < -0.4 is 5.69 Å². The molecule has 3 rings (SSSR count). The SMILES string of the molecule is CCn1c(O)c(C=C2C=Nc3ccccc32)[nH]c1=O. The van der Waals surface area contributed by atoms with Crippen LogP contribution in [0.1, 0.15) is 18.2 Å². The van der Waals surface area contributed by atoms with E-state index in [1.54, 1.807) is 19.2 Å². The van der Waals surface area contributed by atoms with Crippen LogP contribution in [-0.4, -0.2) is 20.9 Å². The highest BCUT2D eigenvalue weighted by Gasteiger charge is 2.14. The zero-order chi connectivity index (χ0) is 13.4. The second-order valence-electron chi connectivity index (χ2n) is 4.29. The van der Waals surface area contributed by atoms with E-state index in [1.165, 1.54) is 4.57 Å². The van der Waals surface area contributed by atoms with Crippen LogP contribution in [0.3, 0.4) is 0 Å². The van der Waals surface area contributed by atoms with Gasteiger partial charge in [-0.15, -0.1) is 0 Å². The molecule has 2 heterocycles. The van der Waals surface area contributed by atoms with Crippen molar-refractivity contribution in [3.8, 4) is 5.88 Å². The molecular weight excluding hydrogens is 242 g/mol. The summed E-state index contributed by atoms with van der Waals surface area (Å²) in [7, 11) is 0. The number of nitrogens with one attached hydrogen (secondary N) is 1. The van der Waals surface area contributed by atoms with Crippen LogP contribution in [0.25, 0.3) is 11.6 Å². The van der Waals surface area contributed by atoms with E-state index in [-0.39, 0.29) is 11.6 Å². The van der Waals surface area contributed by atoms with E-state index in [4.69, 9.17) is 0 Å². The fourth-order valence-corrected chi connectivity index (χ4v) is 2.18. The van der Waals surface area contributed by atoms with Gasteiger partial charge in [0, 0.05) is 23.9 Å². The average Bonchev–Trinajstić information content (AvgIpc) is 2.93. The van der Waals surface area contributed by atoms with E-state index in [2.05, 4.69) is 9.98 Å². The summed E-state index contributed by atoms with van der Waals surface area (Å²) < 4.78 is 1.28. The highest BCUT2D eigenvalue weighted by atomic mass is 16.3. The van der Waals surface area contributed by atoms with E-state index in [1.807, 2.05) is 24.3 Å². The molecule has 0 saturated heterocycles. The van der Waals surface area contributed by atoms with Gasteiger partial charge in [-0.25, -0.2) is 4.79 Å². The third kappa shape index (κ3) is 1.79. The van der Waals surface area contributed by atoms with Gasteiger partial charge in [-0.3, -0.25) is 9.56 Å². The quantitative estimate of drug-likeness (QED) is 0.863. The van der Waals surface area contributed by atoms with Crippen LogP contribution in [-0.2, 0) is 6.54 Å². The second kappa shape index (κ2) is 4.28. The number of hydrogen-bond donors (Lipinski definition) is 2. The van der Waals surface area contributed by atoms with Crippen LogP contribution >= 0.6 is 0 Å². The molecule has 0 aliphatic carbocycles. The molecule has 0 atom stereocenters. The third-order valence-corrected chi connectivity index (χ3v) is 3.16. The molecule has 1 aliphatic rings. The van der Waals surface area contributed by atoms with Crippen molar-refractivity contribution in [2.45, 2.75) is 13.5 Å². The van der Waals surface area contributed by atoms with Gasteiger partial charge in [0.15, 0.2) is 0 Å². The van der Waals surface area contributed by atoms with Crippen molar-refractivity contribution in [3.05, 3.63) is 46.0 Å². The Kier molecular flexibility index (Phi) is 2.59. The van der Waals surface area contributed by atoms with Crippen LogP contribution in [0.5, 0.6) is 5.88 Å². The molecule has 1 aliphatic heterocycles. The smallest absolute Gasteiger partial charge is 0.328 e. The third-order valence-electron chi connectivity index (χ3n) is 3.16. The van der Waals surface area contributed by atoms with Crippen molar-refractivity contribution in [1.29, 1.82) is 0 Å². The van der Waals surface area contributed by atoms with Crippen molar-refractivity contribution in [2.24, 2.45) is 4.99 Å². The van der Waals surface area contributed by atoms with E-state index in [9.17, 15) is 9.90 Å². The Morgan fingerprint density at radius 3 is 2.95 bits per heavy atom. The molecule has 5 heteroatoms. The lowest BCUT2D eigenvalue weighted by Crippen LogP contribution is -2.14. The topological polar surface area (TPSA) is 70.4 Å². The van der Waals surface area contributed by atoms with Crippen LogP contribution in [0.15, 0.2) is 34.1 Å². The minimum absolute atomic E-state index is 0.0437. The molecule has 19 heavy (non-hydrogen) atoms. The van der Waals surface area contributed by atoms with Crippen LogP contribution in [0.4, 0.5) is 5.69 Å². The molecule has 0 unspecified atom stereocenters. The highest BCUT2D eigenvalue weighted by Crippen LogP contribution is 2.32. The van der Waals surface area contributed by atoms with Gasteiger partial charge in [0.2, 0.25) is 5.88 Å². The lowest BCUT2D eigenvalue weighted by Gasteiger charge is -1.99. The van der Waals surface area contributed by atoms with Gasteiger partial charge in [-0.1, -0.05) is 18.2 Å². The number of aromatic nitrogens is 2. The lowest BCUT2D eigenvalue weighted by molar-refractivity contribution is 0.417. The number of fused-ring (bicyclic) bond motifs is 1. The molecule has 96 valence electrons. The summed E-state index contributed by atoms with van der Waals surface area (Å²) in [6, 6.07) is 7.74. The number of benzene rings is 1. The molecule has 0 radical (unpaired) electrons. The summed E-state index contributed by atoms with van der Waals surface area (Å²) >= 11 is 0. The number of nitrogens with zero attached hydrogens (tertiary/aromatic N) is 2. The first-order valence-electron chi connectivity index (χ1n) is 6.07. The van der Waals surface area contributed by atoms with Crippen molar-refractivity contribution in [1.82, 2.24) is 9.55 Å². The summed E-state index contributed by atoms with van der Waals surface area (Å²) in [4.78, 5) is 18.5. The molecule has 2 N–H and O–H groups in total. The highest BCUT2D eigenvalue weighted by molar-refractivity contribution is 6.21. The molecule has 5 nitrogen and oxygen atoms in total. The van der Waals surface area contributed by atoms with Crippen molar-refractivity contribution in [2.75, 3.05) is 0 Å². The number of aromatic hydroxyl groups is 1. The van der Waals surface area contributed by atoms with Gasteiger partial charge < -0.3 is 10.1 Å². The first kappa shape index (κ1) is 11.5. The lowest BCUT2D eigenvalue weighted by atomic mass is 10.1. The fraction of sp³-hybridized carbons (Fsp3) is 0.143. The van der Waals surface area contributed by atoms with Crippen LogP contribution in [0.2, 0.25) is 0 Å². The minimum Gasteiger partial charge on any atom is -0.493 e. The summed E-state index contributed by atoms with van der Waals surface area (Å²) in [5.74, 6) is -0.0437. The Labute approximate surface area is 109 Å². The molecule has 1 aromatic heterocycles. The average molecular weight is 255 g/mol. The Bertz CT molecular complexity index is 750. The normalized spacial score (nSPS) is 15.1. The van der Waals surface area contributed by atoms with Crippen LogP contribution in [0, 0.1) is 0 Å². The number of H-pyrrole nitrogens is 1. The van der Waals surface area contributed by atoms with E-state index < -0.39 is 0 Å². The molecular formula is C14H13N3O2. The molecule has 0 spiro atoms. The Balaban J connectivity index is 2.10. The molecule has 0 amide bonds. The molecule has 0 bridgehead atoms. The first-order valence-corrected chi connectivity index (χ1v) is 6.07. The van der Waals surface area contributed by atoms with Gasteiger partial charge in [0.05, 0.1) is 5.69 Å². The number of para-hydroxylation sites is 1. The molecule has 0 saturated carbocycles. The van der Waals surface area contributed by atoms with Crippen molar-refractivity contribution in [3.63, 3.8) is 0 Å². The monoisotopic (exact) mass is 255 g/mol. The number of imidazole rings is 1. The van der Waals surface area contributed by atoms with E-state index in [0.717, 1.165) is 16.8 Å². The zero-order valence-corrected chi connectivity index (χ0v) is 10.4.